The number of ether oxygens (including phenoxy) is 1. The van der Waals surface area contributed by atoms with Gasteiger partial charge >= 0.3 is 6.09 Å². The molecule has 1 unspecified atom stereocenters. The second-order valence-electron chi connectivity index (χ2n) is 7.58. The molecule has 31 heavy (non-hydrogen) atoms. The molecule has 1 atom stereocenters. The molecule has 1 aromatic carbocycles. The number of nitrogens with one attached hydrogen (secondary N) is 1. The van der Waals surface area contributed by atoms with E-state index in [9.17, 15) is 9.59 Å². The Hall–Kier alpha value is -3.07. The number of rotatable bonds is 7. The van der Waals surface area contributed by atoms with Crippen molar-refractivity contribution >= 4 is 29.4 Å². The van der Waals surface area contributed by atoms with Crippen LogP contribution in [0, 0.1) is 0 Å². The topological polar surface area (TPSA) is 99.2 Å². The molecule has 3 rings (SSSR count). The van der Waals surface area contributed by atoms with E-state index in [1.54, 1.807) is 32.9 Å². The van der Waals surface area contributed by atoms with E-state index in [4.69, 9.17) is 9.15 Å². The summed E-state index contributed by atoms with van der Waals surface area (Å²) in [5.74, 6) is 0.797. The number of aromatic nitrogens is 3. The lowest BCUT2D eigenvalue weighted by Gasteiger charge is -2.14. The fraction of sp³-hybridized carbons (Fsp3) is 0.364. The summed E-state index contributed by atoms with van der Waals surface area (Å²) < 4.78 is 11.9. The number of benzene rings is 1. The quantitative estimate of drug-likeness (QED) is 0.504. The predicted molar refractivity (Wildman–Crippen MR) is 119 cm³/mol. The number of amides is 1. The van der Waals surface area contributed by atoms with Crippen molar-refractivity contribution in [2.24, 2.45) is 0 Å². The van der Waals surface area contributed by atoms with Crippen LogP contribution >= 0.6 is 11.8 Å². The molecule has 2 heterocycles. The lowest BCUT2D eigenvalue weighted by molar-refractivity contribution is -0.115. The normalized spacial score (nSPS) is 12.2. The van der Waals surface area contributed by atoms with Crippen molar-refractivity contribution in [1.29, 1.82) is 0 Å². The van der Waals surface area contributed by atoms with Crippen LogP contribution in [0.25, 0.3) is 11.6 Å². The van der Waals surface area contributed by atoms with Gasteiger partial charge in [0.1, 0.15) is 0 Å². The molecule has 0 aliphatic carbocycles. The van der Waals surface area contributed by atoms with Crippen molar-refractivity contribution in [1.82, 2.24) is 14.8 Å². The van der Waals surface area contributed by atoms with Gasteiger partial charge in [-0.05, 0) is 56.5 Å². The highest BCUT2D eigenvalue weighted by atomic mass is 32.2. The number of hydrogen-bond acceptors (Lipinski definition) is 7. The molecule has 2 aromatic heterocycles. The van der Waals surface area contributed by atoms with Gasteiger partial charge in [0.25, 0.3) is 0 Å². The lowest BCUT2D eigenvalue weighted by Crippen LogP contribution is -2.24. The number of hydrogen-bond donors (Lipinski definition) is 1. The van der Waals surface area contributed by atoms with E-state index in [1.807, 2.05) is 24.3 Å². The second kappa shape index (κ2) is 9.82. The number of carbonyl (C=O) groups is 2. The summed E-state index contributed by atoms with van der Waals surface area (Å²) in [5.41, 5.74) is 1.90. The molecule has 3 aromatic rings. The van der Waals surface area contributed by atoms with Gasteiger partial charge in [-0.25, -0.2) is 9.36 Å². The zero-order valence-electron chi connectivity index (χ0n) is 18.2. The van der Waals surface area contributed by atoms with Gasteiger partial charge < -0.3 is 14.5 Å². The Morgan fingerprint density at radius 1 is 1.06 bits per heavy atom. The molecular formula is C22H26N4O4S. The van der Waals surface area contributed by atoms with E-state index in [2.05, 4.69) is 29.4 Å². The van der Waals surface area contributed by atoms with E-state index in [0.29, 0.717) is 17.4 Å². The molecule has 0 saturated carbocycles. The zero-order valence-corrected chi connectivity index (χ0v) is 19.0. The van der Waals surface area contributed by atoms with Gasteiger partial charge in [0, 0.05) is 5.69 Å². The van der Waals surface area contributed by atoms with Crippen molar-refractivity contribution < 1.29 is 18.7 Å². The van der Waals surface area contributed by atoms with Crippen LogP contribution in [-0.4, -0.2) is 38.1 Å². The van der Waals surface area contributed by atoms with Crippen LogP contribution in [0.15, 0.2) is 52.2 Å². The van der Waals surface area contributed by atoms with Crippen LogP contribution in [0.4, 0.5) is 10.5 Å². The van der Waals surface area contributed by atoms with Gasteiger partial charge in [0.05, 0.1) is 17.6 Å². The molecule has 0 fully saturated rings. The third-order valence-corrected chi connectivity index (χ3v) is 5.43. The first-order chi connectivity index (χ1) is 14.8. The van der Waals surface area contributed by atoms with E-state index < -0.39 is 11.3 Å². The highest BCUT2D eigenvalue weighted by Crippen LogP contribution is 2.28. The highest BCUT2D eigenvalue weighted by Gasteiger charge is 2.26. The molecular weight excluding hydrogens is 416 g/mol. The summed E-state index contributed by atoms with van der Waals surface area (Å²) in [7, 11) is 0. The van der Waals surface area contributed by atoms with Crippen molar-refractivity contribution in [3.05, 3.63) is 48.2 Å². The van der Waals surface area contributed by atoms with Crippen LogP contribution in [0.1, 0.15) is 46.1 Å². The van der Waals surface area contributed by atoms with Gasteiger partial charge in [-0.3, -0.25) is 4.79 Å². The molecule has 0 bridgehead atoms. The molecule has 0 saturated heterocycles. The number of furan rings is 1. The fourth-order valence-corrected chi connectivity index (χ4v) is 3.57. The first-order valence-corrected chi connectivity index (χ1v) is 10.9. The first kappa shape index (κ1) is 22.6. The maximum absolute atomic E-state index is 12.7. The summed E-state index contributed by atoms with van der Waals surface area (Å²) in [5, 5.41) is 10.8. The Balaban J connectivity index is 1.77. The largest absolute Gasteiger partial charge is 0.461 e. The summed E-state index contributed by atoms with van der Waals surface area (Å²) >= 11 is 1.11. The maximum Gasteiger partial charge on any atom is 0.422 e. The minimum Gasteiger partial charge on any atom is -0.461 e. The van der Waals surface area contributed by atoms with Crippen molar-refractivity contribution in [2.45, 2.75) is 57.0 Å². The van der Waals surface area contributed by atoms with E-state index in [0.717, 1.165) is 11.8 Å². The highest BCUT2D eigenvalue weighted by molar-refractivity contribution is 8.00. The minimum atomic E-state index is -0.634. The number of carbonyl (C=O) groups excluding carboxylic acids is 2. The Morgan fingerprint density at radius 2 is 1.77 bits per heavy atom. The Labute approximate surface area is 185 Å². The van der Waals surface area contributed by atoms with Crippen molar-refractivity contribution in [3.63, 3.8) is 0 Å². The lowest BCUT2D eigenvalue weighted by atomic mass is 10.0. The summed E-state index contributed by atoms with van der Waals surface area (Å²) in [6.45, 7) is 9.47. The number of nitrogens with zero attached hydrogens (tertiary/aromatic N) is 3. The van der Waals surface area contributed by atoms with Crippen molar-refractivity contribution in [2.75, 3.05) is 5.32 Å². The van der Waals surface area contributed by atoms with Crippen LogP contribution in [0.5, 0.6) is 0 Å². The molecule has 1 N–H and O–H groups in total. The van der Waals surface area contributed by atoms with Crippen LogP contribution < -0.4 is 5.32 Å². The number of anilines is 1. The van der Waals surface area contributed by atoms with Crippen molar-refractivity contribution in [3.8, 4) is 11.6 Å². The van der Waals surface area contributed by atoms with E-state index in [-0.39, 0.29) is 23.0 Å². The first-order valence-electron chi connectivity index (χ1n) is 10.0. The van der Waals surface area contributed by atoms with Crippen LogP contribution in [0.3, 0.4) is 0 Å². The number of thioether (sulfide) groups is 1. The third-order valence-electron chi connectivity index (χ3n) is 4.39. The molecule has 0 aliphatic rings. The SMILES string of the molecule is CC(C)OC(=O)n1c(SC(C)C(=O)Nc2ccc(C(C)C)cc2)nnc1-c1ccco1. The van der Waals surface area contributed by atoms with Gasteiger partial charge in [0.2, 0.25) is 16.9 Å². The Bertz CT molecular complexity index is 1030. The van der Waals surface area contributed by atoms with Gasteiger partial charge in [-0.1, -0.05) is 37.7 Å². The summed E-state index contributed by atoms with van der Waals surface area (Å²) in [6, 6.07) is 11.1. The van der Waals surface area contributed by atoms with Gasteiger partial charge in [-0.2, -0.15) is 0 Å². The minimum absolute atomic E-state index is 0.214. The standard InChI is InChI=1S/C22H26N4O4S/c1-13(2)16-8-10-17(11-9-16)23-20(27)15(5)31-21-25-24-19(18-7-6-12-29-18)26(21)22(28)30-14(3)4/h6-15H,1-5H3,(H,23,27). The molecule has 8 nitrogen and oxygen atoms in total. The van der Waals surface area contributed by atoms with Gasteiger partial charge in [0.15, 0.2) is 5.76 Å². The Morgan fingerprint density at radius 3 is 2.35 bits per heavy atom. The second-order valence-corrected chi connectivity index (χ2v) is 8.89. The molecule has 9 heteroatoms. The summed E-state index contributed by atoms with van der Waals surface area (Å²) in [4.78, 5) is 25.4. The average molecular weight is 443 g/mol. The monoisotopic (exact) mass is 442 g/mol. The predicted octanol–water partition coefficient (Wildman–Crippen LogP) is 5.17. The molecule has 0 aliphatic heterocycles. The molecule has 1 amide bonds. The van der Waals surface area contributed by atoms with E-state index in [1.165, 1.54) is 16.4 Å². The summed E-state index contributed by atoms with van der Waals surface area (Å²) in [6.07, 6.45) is 0.521. The van der Waals surface area contributed by atoms with Gasteiger partial charge in [-0.15, -0.1) is 10.2 Å². The Kier molecular flexibility index (Phi) is 7.17. The zero-order chi connectivity index (χ0) is 22.5. The van der Waals surface area contributed by atoms with Crippen LogP contribution in [0.2, 0.25) is 0 Å². The molecule has 164 valence electrons. The molecule has 0 spiro atoms. The van der Waals surface area contributed by atoms with Crippen LogP contribution in [-0.2, 0) is 9.53 Å². The maximum atomic E-state index is 12.7. The molecule has 0 radical (unpaired) electrons. The average Bonchev–Trinajstić information content (AvgIpc) is 3.37. The smallest absolute Gasteiger partial charge is 0.422 e. The fourth-order valence-electron chi connectivity index (χ4n) is 2.74. The third kappa shape index (κ3) is 5.55. The van der Waals surface area contributed by atoms with E-state index >= 15 is 0 Å².